The Morgan fingerprint density at radius 2 is 1.95 bits per heavy atom. The van der Waals surface area contributed by atoms with Gasteiger partial charge >= 0.3 is 5.97 Å². The molecule has 0 aliphatic carbocycles. The first kappa shape index (κ1) is 17.4. The van der Waals surface area contributed by atoms with E-state index in [2.05, 4.69) is 11.9 Å². The number of ether oxygens (including phenoxy) is 1. The lowest BCUT2D eigenvalue weighted by atomic mass is 10.0. The van der Waals surface area contributed by atoms with Crippen molar-refractivity contribution >= 4 is 5.97 Å². The summed E-state index contributed by atoms with van der Waals surface area (Å²) in [5.74, 6) is -0.336. The minimum Gasteiger partial charge on any atom is -0.461 e. The van der Waals surface area contributed by atoms with Crippen molar-refractivity contribution in [3.8, 4) is 0 Å². The van der Waals surface area contributed by atoms with Gasteiger partial charge in [0.2, 0.25) is 0 Å². The molecule has 0 fully saturated rings. The summed E-state index contributed by atoms with van der Waals surface area (Å²) in [6.07, 6.45) is -0.657. The molecule has 2 atom stereocenters. The number of carbonyl (C=O) groups is 1. The first-order chi connectivity index (χ1) is 9.90. The maximum atomic E-state index is 11.9. The van der Waals surface area contributed by atoms with Crippen LogP contribution in [0.25, 0.3) is 0 Å². The lowest BCUT2D eigenvalue weighted by Gasteiger charge is -2.25. The summed E-state index contributed by atoms with van der Waals surface area (Å²) in [6.45, 7) is 9.67. The summed E-state index contributed by atoms with van der Waals surface area (Å²) in [7, 11) is 0. The zero-order valence-electron chi connectivity index (χ0n) is 13.0. The summed E-state index contributed by atoms with van der Waals surface area (Å²) in [5, 5.41) is 13.3. The Morgan fingerprint density at radius 1 is 1.33 bits per heavy atom. The molecule has 1 aromatic rings. The van der Waals surface area contributed by atoms with Gasteiger partial charge in [0.25, 0.3) is 0 Å². The Balaban J connectivity index is 2.53. The molecule has 1 rings (SSSR count). The highest BCUT2D eigenvalue weighted by atomic mass is 16.5. The van der Waals surface area contributed by atoms with E-state index in [1.165, 1.54) is 0 Å². The smallest absolute Gasteiger partial charge is 0.307 e. The summed E-state index contributed by atoms with van der Waals surface area (Å²) in [5.41, 5.74) is 1.57. The maximum absolute atomic E-state index is 11.9. The molecular weight excluding hydrogens is 266 g/mol. The molecule has 0 aliphatic heterocycles. The second-order valence-corrected chi connectivity index (χ2v) is 5.57. The fourth-order valence-electron chi connectivity index (χ4n) is 2.01. The van der Waals surface area contributed by atoms with Crippen LogP contribution in [-0.2, 0) is 16.1 Å². The van der Waals surface area contributed by atoms with E-state index in [4.69, 9.17) is 4.74 Å². The van der Waals surface area contributed by atoms with E-state index in [-0.39, 0.29) is 31.1 Å². The largest absolute Gasteiger partial charge is 0.461 e. The van der Waals surface area contributed by atoms with Crippen molar-refractivity contribution in [2.24, 2.45) is 0 Å². The Bertz CT molecular complexity index is 456. The highest BCUT2D eigenvalue weighted by molar-refractivity contribution is 5.70. The van der Waals surface area contributed by atoms with E-state index in [0.29, 0.717) is 5.57 Å². The van der Waals surface area contributed by atoms with Crippen LogP contribution >= 0.6 is 0 Å². The highest BCUT2D eigenvalue weighted by Gasteiger charge is 2.24. The zero-order valence-corrected chi connectivity index (χ0v) is 13.0. The van der Waals surface area contributed by atoms with Crippen LogP contribution in [0.5, 0.6) is 0 Å². The van der Waals surface area contributed by atoms with Gasteiger partial charge in [-0.15, -0.1) is 0 Å². The normalized spacial score (nSPS) is 13.8. The zero-order chi connectivity index (χ0) is 15.8. The third kappa shape index (κ3) is 6.56. The van der Waals surface area contributed by atoms with E-state index in [1.54, 1.807) is 6.92 Å². The molecule has 116 valence electrons. The standard InChI is InChI=1S/C17H25NO3/c1-12(2)17(20)15(18-13(3)4)10-16(19)21-11-14-8-6-5-7-9-14/h5-9,13,15,17-18,20H,1,10-11H2,2-4H3. The molecule has 4 heteroatoms. The second kappa shape index (κ2) is 8.60. The van der Waals surface area contributed by atoms with Crippen molar-refractivity contribution in [2.75, 3.05) is 0 Å². The first-order valence-corrected chi connectivity index (χ1v) is 7.19. The average Bonchev–Trinajstić information content (AvgIpc) is 2.44. The fraction of sp³-hybridized carbons (Fsp3) is 0.471. The number of aliphatic hydroxyl groups is 1. The van der Waals surface area contributed by atoms with Gasteiger partial charge in [-0.3, -0.25) is 4.79 Å². The van der Waals surface area contributed by atoms with Gasteiger partial charge in [0.05, 0.1) is 12.5 Å². The minimum atomic E-state index is -0.767. The molecule has 4 nitrogen and oxygen atoms in total. The molecule has 1 aromatic carbocycles. The van der Waals surface area contributed by atoms with Crippen LogP contribution in [0, 0.1) is 0 Å². The number of benzene rings is 1. The van der Waals surface area contributed by atoms with Gasteiger partial charge in [0.1, 0.15) is 6.61 Å². The number of esters is 1. The number of rotatable bonds is 8. The van der Waals surface area contributed by atoms with E-state index >= 15 is 0 Å². The van der Waals surface area contributed by atoms with Crippen molar-refractivity contribution in [1.82, 2.24) is 5.32 Å². The summed E-state index contributed by atoms with van der Waals surface area (Å²) < 4.78 is 5.25. The number of hydrogen-bond acceptors (Lipinski definition) is 4. The Labute approximate surface area is 126 Å². The van der Waals surface area contributed by atoms with Crippen molar-refractivity contribution < 1.29 is 14.6 Å². The molecular formula is C17H25NO3. The second-order valence-electron chi connectivity index (χ2n) is 5.57. The molecule has 21 heavy (non-hydrogen) atoms. The van der Waals surface area contributed by atoms with Crippen LogP contribution in [0.3, 0.4) is 0 Å². The molecule has 0 radical (unpaired) electrons. The predicted molar refractivity (Wildman–Crippen MR) is 83.7 cm³/mol. The van der Waals surface area contributed by atoms with Crippen LogP contribution in [0.1, 0.15) is 32.8 Å². The molecule has 0 bridgehead atoms. The van der Waals surface area contributed by atoms with Crippen LogP contribution in [0.4, 0.5) is 0 Å². The van der Waals surface area contributed by atoms with Gasteiger partial charge in [0, 0.05) is 12.1 Å². The predicted octanol–water partition coefficient (Wildman–Crippen LogP) is 2.42. The monoisotopic (exact) mass is 291 g/mol. The van der Waals surface area contributed by atoms with Crippen molar-refractivity contribution in [1.29, 1.82) is 0 Å². The Hall–Kier alpha value is -1.65. The number of hydrogen-bond donors (Lipinski definition) is 2. The first-order valence-electron chi connectivity index (χ1n) is 7.19. The van der Waals surface area contributed by atoms with Gasteiger partial charge in [-0.25, -0.2) is 0 Å². The van der Waals surface area contributed by atoms with Crippen molar-refractivity contribution in [3.63, 3.8) is 0 Å². The van der Waals surface area contributed by atoms with Gasteiger partial charge in [-0.1, -0.05) is 56.3 Å². The quantitative estimate of drug-likeness (QED) is 0.570. The molecule has 2 unspecified atom stereocenters. The van der Waals surface area contributed by atoms with E-state index < -0.39 is 6.10 Å². The SMILES string of the molecule is C=C(C)C(O)C(CC(=O)OCc1ccccc1)NC(C)C. The van der Waals surface area contributed by atoms with Gasteiger partial charge in [0.15, 0.2) is 0 Å². The number of nitrogens with one attached hydrogen (secondary N) is 1. The van der Waals surface area contributed by atoms with Crippen LogP contribution < -0.4 is 5.32 Å². The Morgan fingerprint density at radius 3 is 2.48 bits per heavy atom. The van der Waals surface area contributed by atoms with Crippen LogP contribution in [0.2, 0.25) is 0 Å². The van der Waals surface area contributed by atoms with Crippen LogP contribution in [0.15, 0.2) is 42.5 Å². The van der Waals surface area contributed by atoms with E-state index in [9.17, 15) is 9.90 Å². The van der Waals surface area contributed by atoms with Crippen LogP contribution in [-0.4, -0.2) is 29.3 Å². The van der Waals surface area contributed by atoms with E-state index in [0.717, 1.165) is 5.56 Å². The minimum absolute atomic E-state index is 0.110. The summed E-state index contributed by atoms with van der Waals surface area (Å²) >= 11 is 0. The number of carbonyl (C=O) groups excluding carboxylic acids is 1. The van der Waals surface area contributed by atoms with Gasteiger partial charge < -0.3 is 15.2 Å². The topological polar surface area (TPSA) is 58.6 Å². The highest BCUT2D eigenvalue weighted by Crippen LogP contribution is 2.10. The van der Waals surface area contributed by atoms with E-state index in [1.807, 2.05) is 44.2 Å². The van der Waals surface area contributed by atoms with Crippen molar-refractivity contribution in [3.05, 3.63) is 48.0 Å². The third-order valence-corrected chi connectivity index (χ3v) is 3.06. The summed E-state index contributed by atoms with van der Waals surface area (Å²) in [4.78, 5) is 11.9. The molecule has 0 heterocycles. The Kier molecular flexibility index (Phi) is 7.12. The molecule has 0 saturated heterocycles. The van der Waals surface area contributed by atoms with Gasteiger partial charge in [-0.2, -0.15) is 0 Å². The fourth-order valence-corrected chi connectivity index (χ4v) is 2.01. The molecule has 0 amide bonds. The number of aliphatic hydroxyl groups excluding tert-OH is 1. The summed E-state index contributed by atoms with van der Waals surface area (Å²) in [6, 6.07) is 9.29. The molecule has 0 saturated carbocycles. The molecule has 0 aromatic heterocycles. The third-order valence-electron chi connectivity index (χ3n) is 3.06. The lowest BCUT2D eigenvalue weighted by Crippen LogP contribution is -2.45. The average molecular weight is 291 g/mol. The van der Waals surface area contributed by atoms with Crippen molar-refractivity contribution in [2.45, 2.75) is 52.0 Å². The molecule has 0 aliphatic rings. The maximum Gasteiger partial charge on any atom is 0.307 e. The molecule has 0 spiro atoms. The lowest BCUT2D eigenvalue weighted by molar-refractivity contribution is -0.146. The van der Waals surface area contributed by atoms with Gasteiger partial charge in [-0.05, 0) is 12.5 Å². The molecule has 2 N–H and O–H groups in total.